The van der Waals surface area contributed by atoms with Crippen LogP contribution in [0.1, 0.15) is 48.0 Å². The van der Waals surface area contributed by atoms with Crippen molar-refractivity contribution in [2.45, 2.75) is 44.8 Å². The van der Waals surface area contributed by atoms with Gasteiger partial charge in [0.05, 0.1) is 12.5 Å². The topological polar surface area (TPSA) is 58.6 Å². The minimum atomic E-state index is 0.00757. The van der Waals surface area contributed by atoms with Crippen LogP contribution in [0.15, 0.2) is 24.3 Å². The number of carbonyl (C=O) groups excluding carboxylic acids is 2. The van der Waals surface area contributed by atoms with Gasteiger partial charge >= 0.3 is 0 Å². The molecule has 1 unspecified atom stereocenters. The van der Waals surface area contributed by atoms with E-state index in [9.17, 15) is 9.59 Å². The fourth-order valence-corrected chi connectivity index (χ4v) is 3.20. The smallest absolute Gasteiger partial charge is 0.253 e. The highest BCUT2D eigenvalue weighted by molar-refractivity contribution is 5.94. The Hall–Kier alpha value is -1.88. The van der Waals surface area contributed by atoms with Crippen LogP contribution in [0.4, 0.5) is 0 Å². The molecule has 3 rings (SSSR count). The molecular weight excluding hydrogens is 292 g/mol. The first-order valence-corrected chi connectivity index (χ1v) is 8.49. The largest absolute Gasteiger partial charge is 0.378 e. The van der Waals surface area contributed by atoms with Crippen molar-refractivity contribution < 1.29 is 14.3 Å². The highest BCUT2D eigenvalue weighted by Crippen LogP contribution is 2.16. The van der Waals surface area contributed by atoms with Gasteiger partial charge in [0, 0.05) is 31.8 Å². The number of hydrogen-bond donors (Lipinski definition) is 1. The first-order valence-electron chi connectivity index (χ1n) is 8.49. The van der Waals surface area contributed by atoms with Crippen LogP contribution in [0.2, 0.25) is 0 Å². The van der Waals surface area contributed by atoms with Crippen LogP contribution in [-0.2, 0) is 16.1 Å². The van der Waals surface area contributed by atoms with E-state index >= 15 is 0 Å². The summed E-state index contributed by atoms with van der Waals surface area (Å²) >= 11 is 0. The predicted octanol–water partition coefficient (Wildman–Crippen LogP) is 2.11. The van der Waals surface area contributed by atoms with Crippen LogP contribution in [0, 0.1) is 0 Å². The molecule has 0 bridgehead atoms. The Balaban J connectivity index is 1.52. The molecule has 0 aromatic heterocycles. The van der Waals surface area contributed by atoms with E-state index in [2.05, 4.69) is 5.32 Å². The van der Waals surface area contributed by atoms with Crippen molar-refractivity contribution >= 4 is 11.8 Å². The molecule has 1 atom stereocenters. The second-order valence-corrected chi connectivity index (χ2v) is 6.32. The zero-order valence-corrected chi connectivity index (χ0v) is 13.4. The minimum absolute atomic E-state index is 0.00757. The molecule has 1 N–H and O–H groups in total. The van der Waals surface area contributed by atoms with Crippen LogP contribution in [0.3, 0.4) is 0 Å². The first-order chi connectivity index (χ1) is 11.2. The molecule has 0 spiro atoms. The van der Waals surface area contributed by atoms with Gasteiger partial charge in [0.25, 0.3) is 5.91 Å². The van der Waals surface area contributed by atoms with E-state index in [4.69, 9.17) is 4.74 Å². The summed E-state index contributed by atoms with van der Waals surface area (Å²) in [6, 6.07) is 7.54. The number of carbonyl (C=O) groups is 2. The maximum atomic E-state index is 12.4. The molecule has 2 amide bonds. The van der Waals surface area contributed by atoms with E-state index in [-0.39, 0.29) is 17.9 Å². The molecule has 5 nitrogen and oxygen atoms in total. The molecule has 2 aliphatic rings. The van der Waals surface area contributed by atoms with Crippen molar-refractivity contribution in [1.29, 1.82) is 0 Å². The van der Waals surface area contributed by atoms with Crippen LogP contribution >= 0.6 is 0 Å². The maximum absolute atomic E-state index is 12.4. The molecule has 2 saturated heterocycles. The lowest BCUT2D eigenvalue weighted by Gasteiger charge is -2.16. The van der Waals surface area contributed by atoms with Gasteiger partial charge in [0.2, 0.25) is 5.91 Å². The molecule has 23 heavy (non-hydrogen) atoms. The normalized spacial score (nSPS) is 20.7. The van der Waals surface area contributed by atoms with Crippen LogP contribution in [-0.4, -0.2) is 42.5 Å². The number of likely N-dealkylation sites (tertiary alicyclic amines) is 1. The summed E-state index contributed by atoms with van der Waals surface area (Å²) in [7, 11) is 0. The molecule has 124 valence electrons. The number of nitrogens with one attached hydrogen (secondary N) is 1. The van der Waals surface area contributed by atoms with Gasteiger partial charge in [-0.1, -0.05) is 12.1 Å². The SMILES string of the molecule is O=C(CC1CCCO1)NCc1cccc(C(=O)N2CCCC2)c1. The third kappa shape index (κ3) is 4.32. The molecule has 2 fully saturated rings. The fourth-order valence-electron chi connectivity index (χ4n) is 3.20. The third-order valence-corrected chi connectivity index (χ3v) is 4.49. The monoisotopic (exact) mass is 316 g/mol. The number of hydrogen-bond acceptors (Lipinski definition) is 3. The van der Waals surface area contributed by atoms with Gasteiger partial charge in [-0.3, -0.25) is 9.59 Å². The Morgan fingerprint density at radius 2 is 2.04 bits per heavy atom. The van der Waals surface area contributed by atoms with Gasteiger partial charge in [0.15, 0.2) is 0 Å². The average molecular weight is 316 g/mol. The Labute approximate surface area is 137 Å². The van der Waals surface area contributed by atoms with E-state index in [1.165, 1.54) is 0 Å². The zero-order chi connectivity index (χ0) is 16.1. The van der Waals surface area contributed by atoms with Crippen molar-refractivity contribution in [3.05, 3.63) is 35.4 Å². The molecule has 0 aliphatic carbocycles. The second kappa shape index (κ2) is 7.59. The maximum Gasteiger partial charge on any atom is 0.253 e. The van der Waals surface area contributed by atoms with E-state index in [1.54, 1.807) is 0 Å². The highest BCUT2D eigenvalue weighted by atomic mass is 16.5. The average Bonchev–Trinajstić information content (AvgIpc) is 3.26. The summed E-state index contributed by atoms with van der Waals surface area (Å²) in [4.78, 5) is 26.2. The molecular formula is C18H24N2O3. The molecule has 0 saturated carbocycles. The van der Waals surface area contributed by atoms with Crippen LogP contribution in [0.25, 0.3) is 0 Å². The van der Waals surface area contributed by atoms with Crippen molar-refractivity contribution in [3.63, 3.8) is 0 Å². The molecule has 2 heterocycles. The van der Waals surface area contributed by atoms with E-state index in [0.717, 1.165) is 50.9 Å². The first kappa shape index (κ1) is 16.0. The van der Waals surface area contributed by atoms with E-state index in [1.807, 2.05) is 29.2 Å². The van der Waals surface area contributed by atoms with Crippen molar-refractivity contribution in [3.8, 4) is 0 Å². The summed E-state index contributed by atoms with van der Waals surface area (Å²) in [6.45, 7) is 2.91. The number of amides is 2. The number of rotatable bonds is 5. The zero-order valence-electron chi connectivity index (χ0n) is 13.4. The fraction of sp³-hybridized carbons (Fsp3) is 0.556. The Morgan fingerprint density at radius 3 is 2.78 bits per heavy atom. The lowest BCUT2D eigenvalue weighted by Crippen LogP contribution is -2.28. The van der Waals surface area contributed by atoms with Gasteiger partial charge < -0.3 is 15.0 Å². The molecule has 2 aliphatic heterocycles. The van der Waals surface area contributed by atoms with Gasteiger partial charge in [-0.2, -0.15) is 0 Å². The van der Waals surface area contributed by atoms with Crippen molar-refractivity contribution in [2.24, 2.45) is 0 Å². The number of nitrogens with zero attached hydrogens (tertiary/aromatic N) is 1. The number of benzene rings is 1. The molecule has 1 aromatic carbocycles. The van der Waals surface area contributed by atoms with Crippen LogP contribution < -0.4 is 5.32 Å². The standard InChI is InChI=1S/C18H24N2O3/c21-17(12-16-7-4-10-23-16)19-13-14-5-3-6-15(11-14)18(22)20-8-1-2-9-20/h3,5-6,11,16H,1-2,4,7-10,12-13H2,(H,19,21). The summed E-state index contributed by atoms with van der Waals surface area (Å²) in [5, 5.41) is 2.92. The summed E-state index contributed by atoms with van der Waals surface area (Å²) < 4.78 is 5.47. The van der Waals surface area contributed by atoms with Crippen LogP contribution in [0.5, 0.6) is 0 Å². The second-order valence-electron chi connectivity index (χ2n) is 6.32. The highest BCUT2D eigenvalue weighted by Gasteiger charge is 2.20. The quantitative estimate of drug-likeness (QED) is 0.905. The molecule has 5 heteroatoms. The van der Waals surface area contributed by atoms with Gasteiger partial charge in [0.1, 0.15) is 0 Å². The van der Waals surface area contributed by atoms with Gasteiger partial charge in [-0.05, 0) is 43.4 Å². The third-order valence-electron chi connectivity index (χ3n) is 4.49. The van der Waals surface area contributed by atoms with E-state index < -0.39 is 0 Å². The van der Waals surface area contributed by atoms with Crippen molar-refractivity contribution in [1.82, 2.24) is 10.2 Å². The summed E-state index contributed by atoms with van der Waals surface area (Å²) in [6.07, 6.45) is 4.67. The predicted molar refractivity (Wildman–Crippen MR) is 87.0 cm³/mol. The minimum Gasteiger partial charge on any atom is -0.378 e. The van der Waals surface area contributed by atoms with E-state index in [0.29, 0.717) is 18.5 Å². The summed E-state index contributed by atoms with van der Waals surface area (Å²) in [5.41, 5.74) is 1.66. The Kier molecular flexibility index (Phi) is 5.28. The van der Waals surface area contributed by atoms with Gasteiger partial charge in [-0.15, -0.1) is 0 Å². The Morgan fingerprint density at radius 1 is 1.22 bits per heavy atom. The lowest BCUT2D eigenvalue weighted by atomic mass is 10.1. The molecule has 0 radical (unpaired) electrons. The summed E-state index contributed by atoms with van der Waals surface area (Å²) in [5.74, 6) is 0.100. The number of ether oxygens (including phenoxy) is 1. The van der Waals surface area contributed by atoms with Crippen molar-refractivity contribution in [2.75, 3.05) is 19.7 Å². The van der Waals surface area contributed by atoms with Gasteiger partial charge in [-0.25, -0.2) is 0 Å². The molecule has 1 aromatic rings. The Bertz CT molecular complexity index is 561. The lowest BCUT2D eigenvalue weighted by molar-refractivity contribution is -0.123.